The van der Waals surface area contributed by atoms with Crippen molar-refractivity contribution < 1.29 is 0 Å². The van der Waals surface area contributed by atoms with E-state index < -0.39 is 0 Å². The van der Waals surface area contributed by atoms with Crippen LogP contribution in [0.2, 0.25) is 0 Å². The molecule has 0 saturated carbocycles. The Hall–Kier alpha value is -2.35. The smallest absolute Gasteiger partial charge is 0.122 e. The molecule has 2 nitrogen and oxygen atoms in total. The van der Waals surface area contributed by atoms with Gasteiger partial charge in [-0.05, 0) is 17.2 Å². The van der Waals surface area contributed by atoms with Crippen LogP contribution < -0.4 is 5.73 Å². The van der Waals surface area contributed by atoms with E-state index >= 15 is 0 Å². The predicted octanol–water partition coefficient (Wildman–Crippen LogP) is 3.14. The van der Waals surface area contributed by atoms with Crippen molar-refractivity contribution in [1.82, 2.24) is 0 Å². The van der Waals surface area contributed by atoms with Gasteiger partial charge < -0.3 is 5.73 Å². The van der Waals surface area contributed by atoms with Gasteiger partial charge in [0.1, 0.15) is 5.84 Å². The molecule has 0 saturated heterocycles. The minimum Gasteiger partial charge on any atom is -0.384 e. The summed E-state index contributed by atoms with van der Waals surface area (Å²) in [6.45, 7) is 0. The summed E-state index contributed by atoms with van der Waals surface area (Å²) in [4.78, 5) is 0. The molecule has 0 unspecified atom stereocenters. The summed E-state index contributed by atoms with van der Waals surface area (Å²) in [5.74, 6) is 0.0972. The predicted molar refractivity (Wildman–Crippen MR) is 72.8 cm³/mol. The van der Waals surface area contributed by atoms with E-state index in [0.29, 0.717) is 0 Å². The molecule has 0 aliphatic carbocycles. The highest BCUT2D eigenvalue weighted by molar-refractivity contribution is 5.95. The van der Waals surface area contributed by atoms with Crippen LogP contribution in [0, 0.1) is 5.41 Å². The Balaban J connectivity index is 2.22. The van der Waals surface area contributed by atoms with Crippen LogP contribution in [0.4, 0.5) is 0 Å². The first kappa shape index (κ1) is 11.1. The molecular weight excluding hydrogens is 208 g/mol. The Kier molecular flexibility index (Phi) is 3.36. The van der Waals surface area contributed by atoms with Gasteiger partial charge in [-0.2, -0.15) is 0 Å². The number of hydrogen-bond acceptors (Lipinski definition) is 1. The van der Waals surface area contributed by atoms with Gasteiger partial charge >= 0.3 is 0 Å². The van der Waals surface area contributed by atoms with Crippen LogP contribution in [0.3, 0.4) is 0 Å². The zero-order valence-electron chi connectivity index (χ0n) is 9.43. The lowest BCUT2D eigenvalue weighted by Crippen LogP contribution is -2.10. The zero-order chi connectivity index (χ0) is 12.1. The number of nitrogens with two attached hydrogens (primary N) is 1. The molecule has 0 aliphatic rings. The first-order valence-electron chi connectivity index (χ1n) is 5.43. The van der Waals surface area contributed by atoms with E-state index in [9.17, 15) is 0 Å². The van der Waals surface area contributed by atoms with Crippen molar-refractivity contribution in [3.8, 4) is 0 Å². The highest BCUT2D eigenvalue weighted by Crippen LogP contribution is 2.10. The van der Waals surface area contributed by atoms with Gasteiger partial charge in [0, 0.05) is 5.56 Å². The second-order valence-corrected chi connectivity index (χ2v) is 3.78. The lowest BCUT2D eigenvalue weighted by atomic mass is 10.1. The molecule has 0 amide bonds. The summed E-state index contributed by atoms with van der Waals surface area (Å²) in [6, 6.07) is 17.7. The molecule has 3 N–H and O–H groups in total. The number of nitrogens with one attached hydrogen (secondary N) is 1. The largest absolute Gasteiger partial charge is 0.384 e. The van der Waals surface area contributed by atoms with E-state index in [-0.39, 0.29) is 5.84 Å². The van der Waals surface area contributed by atoms with E-state index in [1.807, 2.05) is 66.7 Å². The number of hydrogen-bond donors (Lipinski definition) is 2. The molecule has 0 heterocycles. The third kappa shape index (κ3) is 3.05. The summed E-state index contributed by atoms with van der Waals surface area (Å²) in [5, 5.41) is 7.38. The molecule has 0 radical (unpaired) electrons. The Bertz CT molecular complexity index is 542. The Labute approximate surface area is 101 Å². The maximum atomic E-state index is 7.38. The zero-order valence-corrected chi connectivity index (χ0v) is 9.43. The molecule has 0 bridgehead atoms. The molecule has 84 valence electrons. The Morgan fingerprint density at radius 3 is 2.24 bits per heavy atom. The molecule has 2 aromatic rings. The molecular formula is C15H14N2. The van der Waals surface area contributed by atoms with E-state index in [0.717, 1.165) is 16.7 Å². The van der Waals surface area contributed by atoms with Gasteiger partial charge in [0.25, 0.3) is 0 Å². The fraction of sp³-hybridized carbons (Fsp3) is 0. The summed E-state index contributed by atoms with van der Waals surface area (Å²) >= 11 is 0. The molecule has 17 heavy (non-hydrogen) atoms. The average Bonchev–Trinajstić information content (AvgIpc) is 2.38. The van der Waals surface area contributed by atoms with Crippen LogP contribution in [-0.4, -0.2) is 5.84 Å². The number of nitrogen functional groups attached to an aromatic ring is 1. The van der Waals surface area contributed by atoms with Gasteiger partial charge in [0.05, 0.1) is 0 Å². The molecule has 0 fully saturated rings. The van der Waals surface area contributed by atoms with Gasteiger partial charge in [-0.3, -0.25) is 5.41 Å². The fourth-order valence-electron chi connectivity index (χ4n) is 1.57. The van der Waals surface area contributed by atoms with E-state index in [2.05, 4.69) is 0 Å². The van der Waals surface area contributed by atoms with Crippen LogP contribution in [0.1, 0.15) is 16.7 Å². The standard InChI is InChI=1S/C15H14N2/c16-15(17)14-8-4-7-13(11-14)10-9-12-5-2-1-3-6-12/h1-11H,(H3,16,17). The van der Waals surface area contributed by atoms with E-state index in [1.165, 1.54) is 0 Å². The van der Waals surface area contributed by atoms with Crippen molar-refractivity contribution in [3.63, 3.8) is 0 Å². The maximum absolute atomic E-state index is 7.38. The van der Waals surface area contributed by atoms with Gasteiger partial charge in [-0.15, -0.1) is 0 Å². The summed E-state index contributed by atoms with van der Waals surface area (Å²) in [5.41, 5.74) is 8.40. The Morgan fingerprint density at radius 1 is 0.882 bits per heavy atom. The lowest BCUT2D eigenvalue weighted by molar-refractivity contribution is 1.42. The van der Waals surface area contributed by atoms with Crippen LogP contribution in [0.25, 0.3) is 12.2 Å². The van der Waals surface area contributed by atoms with Crippen LogP contribution in [-0.2, 0) is 0 Å². The van der Waals surface area contributed by atoms with Crippen molar-refractivity contribution in [2.24, 2.45) is 5.73 Å². The first-order chi connectivity index (χ1) is 8.25. The maximum Gasteiger partial charge on any atom is 0.122 e. The minimum absolute atomic E-state index is 0.0972. The molecule has 0 aromatic heterocycles. The van der Waals surface area contributed by atoms with Crippen molar-refractivity contribution in [3.05, 3.63) is 71.3 Å². The molecule has 0 spiro atoms. The van der Waals surface area contributed by atoms with Crippen molar-refractivity contribution >= 4 is 18.0 Å². The second-order valence-electron chi connectivity index (χ2n) is 3.78. The number of amidine groups is 1. The molecule has 2 aromatic carbocycles. The monoisotopic (exact) mass is 222 g/mol. The third-order valence-electron chi connectivity index (χ3n) is 2.47. The molecule has 2 heteroatoms. The highest BCUT2D eigenvalue weighted by Gasteiger charge is 1.95. The molecule has 2 rings (SSSR count). The summed E-state index contributed by atoms with van der Waals surface area (Å²) in [6.07, 6.45) is 4.06. The first-order valence-corrected chi connectivity index (χ1v) is 5.43. The van der Waals surface area contributed by atoms with Crippen molar-refractivity contribution in [2.45, 2.75) is 0 Å². The van der Waals surface area contributed by atoms with Crippen molar-refractivity contribution in [1.29, 1.82) is 5.41 Å². The molecule has 0 aliphatic heterocycles. The average molecular weight is 222 g/mol. The van der Waals surface area contributed by atoms with Crippen LogP contribution in [0.15, 0.2) is 54.6 Å². The van der Waals surface area contributed by atoms with Crippen LogP contribution >= 0.6 is 0 Å². The van der Waals surface area contributed by atoms with Gasteiger partial charge in [0.15, 0.2) is 0 Å². The topological polar surface area (TPSA) is 49.9 Å². The highest BCUT2D eigenvalue weighted by atomic mass is 14.7. The lowest BCUT2D eigenvalue weighted by Gasteiger charge is -1.99. The number of benzene rings is 2. The van der Waals surface area contributed by atoms with E-state index in [1.54, 1.807) is 0 Å². The summed E-state index contributed by atoms with van der Waals surface area (Å²) < 4.78 is 0. The van der Waals surface area contributed by atoms with Crippen molar-refractivity contribution in [2.75, 3.05) is 0 Å². The fourth-order valence-corrected chi connectivity index (χ4v) is 1.57. The quantitative estimate of drug-likeness (QED) is 0.468. The third-order valence-corrected chi connectivity index (χ3v) is 2.47. The van der Waals surface area contributed by atoms with Gasteiger partial charge in [-0.25, -0.2) is 0 Å². The summed E-state index contributed by atoms with van der Waals surface area (Å²) in [7, 11) is 0. The van der Waals surface area contributed by atoms with Gasteiger partial charge in [0.2, 0.25) is 0 Å². The van der Waals surface area contributed by atoms with Gasteiger partial charge in [-0.1, -0.05) is 60.7 Å². The van der Waals surface area contributed by atoms with Crippen LogP contribution in [0.5, 0.6) is 0 Å². The Morgan fingerprint density at radius 2 is 1.53 bits per heavy atom. The minimum atomic E-state index is 0.0972. The normalized spacial score (nSPS) is 10.6. The molecule has 0 atom stereocenters. The van der Waals surface area contributed by atoms with E-state index in [4.69, 9.17) is 11.1 Å². The number of rotatable bonds is 3. The second kappa shape index (κ2) is 5.12. The SMILES string of the molecule is N=C(N)c1cccc(C=Cc2ccccc2)c1.